The zero-order chi connectivity index (χ0) is 14.3. The number of carbonyl (C=O) groups excluding carboxylic acids is 1. The van der Waals surface area contributed by atoms with Crippen LogP contribution in [-0.2, 0) is 16.0 Å². The summed E-state index contributed by atoms with van der Waals surface area (Å²) in [5.74, 6) is -0.108. The van der Waals surface area contributed by atoms with Crippen LogP contribution < -0.4 is 11.1 Å². The summed E-state index contributed by atoms with van der Waals surface area (Å²) >= 11 is 0. The molecule has 0 aromatic heterocycles. The fourth-order valence-electron chi connectivity index (χ4n) is 3.03. The van der Waals surface area contributed by atoms with Crippen LogP contribution in [0.15, 0.2) is 12.1 Å². The van der Waals surface area contributed by atoms with Crippen molar-refractivity contribution in [2.75, 3.05) is 11.9 Å². The lowest BCUT2D eigenvalue weighted by Gasteiger charge is -2.25. The molecule has 0 radical (unpaired) electrons. The number of halogens is 1. The molecule has 0 aliphatic carbocycles. The van der Waals surface area contributed by atoms with Gasteiger partial charge in [0.2, 0.25) is 5.91 Å². The molecule has 1 aromatic carbocycles. The molecule has 5 heteroatoms. The monoisotopic (exact) mass is 278 g/mol. The SMILES string of the molecule is CC1CCOC1C(N)c1cc2c(cc1F)NC(=O)CC2. The minimum absolute atomic E-state index is 0.0679. The lowest BCUT2D eigenvalue weighted by atomic mass is 9.90. The van der Waals surface area contributed by atoms with Gasteiger partial charge in [0.1, 0.15) is 5.82 Å². The quantitative estimate of drug-likeness (QED) is 0.871. The number of hydrogen-bond acceptors (Lipinski definition) is 3. The predicted octanol–water partition coefficient (Wildman–Crippen LogP) is 2.14. The Labute approximate surface area is 117 Å². The third kappa shape index (κ3) is 2.31. The van der Waals surface area contributed by atoms with Gasteiger partial charge in [-0.05, 0) is 36.5 Å². The van der Waals surface area contributed by atoms with E-state index in [-0.39, 0.29) is 17.8 Å². The highest BCUT2D eigenvalue weighted by atomic mass is 19.1. The van der Waals surface area contributed by atoms with Gasteiger partial charge < -0.3 is 15.8 Å². The Kier molecular flexibility index (Phi) is 3.48. The summed E-state index contributed by atoms with van der Waals surface area (Å²) in [7, 11) is 0. The maximum absolute atomic E-state index is 14.2. The standard InChI is InChI=1S/C15H19FN2O2/c1-8-4-5-20-15(8)14(17)10-6-9-2-3-13(19)18-12(9)7-11(10)16/h6-8,14-15H,2-5,17H2,1H3,(H,18,19). The van der Waals surface area contributed by atoms with Crippen molar-refractivity contribution in [3.8, 4) is 0 Å². The van der Waals surface area contributed by atoms with Gasteiger partial charge in [0.25, 0.3) is 0 Å². The average Bonchev–Trinajstić information content (AvgIpc) is 2.83. The molecule has 0 bridgehead atoms. The third-order valence-electron chi connectivity index (χ3n) is 4.28. The van der Waals surface area contributed by atoms with Crippen LogP contribution in [0.4, 0.5) is 10.1 Å². The van der Waals surface area contributed by atoms with Gasteiger partial charge in [0.15, 0.2) is 0 Å². The second-order valence-electron chi connectivity index (χ2n) is 5.71. The highest BCUT2D eigenvalue weighted by Crippen LogP contribution is 2.34. The Morgan fingerprint density at radius 1 is 1.45 bits per heavy atom. The summed E-state index contributed by atoms with van der Waals surface area (Å²) in [5.41, 5.74) is 8.20. The molecule has 1 amide bonds. The van der Waals surface area contributed by atoms with E-state index < -0.39 is 6.04 Å². The highest BCUT2D eigenvalue weighted by molar-refractivity contribution is 5.93. The molecule has 0 spiro atoms. The van der Waals surface area contributed by atoms with Crippen molar-refractivity contribution in [3.63, 3.8) is 0 Å². The lowest BCUT2D eigenvalue weighted by molar-refractivity contribution is -0.116. The first kappa shape index (κ1) is 13.5. The molecular formula is C15H19FN2O2. The second-order valence-corrected chi connectivity index (χ2v) is 5.71. The average molecular weight is 278 g/mol. The van der Waals surface area contributed by atoms with Crippen molar-refractivity contribution in [1.29, 1.82) is 0 Å². The van der Waals surface area contributed by atoms with Crippen molar-refractivity contribution in [2.45, 2.75) is 38.3 Å². The topological polar surface area (TPSA) is 64.3 Å². The Morgan fingerprint density at radius 2 is 2.25 bits per heavy atom. The van der Waals surface area contributed by atoms with Gasteiger partial charge >= 0.3 is 0 Å². The molecule has 20 heavy (non-hydrogen) atoms. The van der Waals surface area contributed by atoms with E-state index >= 15 is 0 Å². The zero-order valence-corrected chi connectivity index (χ0v) is 11.5. The van der Waals surface area contributed by atoms with Gasteiger partial charge in [-0.25, -0.2) is 4.39 Å². The maximum atomic E-state index is 14.2. The number of ether oxygens (including phenoxy) is 1. The van der Waals surface area contributed by atoms with Crippen molar-refractivity contribution in [2.24, 2.45) is 11.7 Å². The lowest BCUT2D eigenvalue weighted by Crippen LogP contribution is -2.31. The molecule has 1 fully saturated rings. The largest absolute Gasteiger partial charge is 0.376 e. The minimum atomic E-state index is -0.463. The summed E-state index contributed by atoms with van der Waals surface area (Å²) < 4.78 is 19.9. The van der Waals surface area contributed by atoms with E-state index in [0.717, 1.165) is 12.0 Å². The molecule has 1 saturated heterocycles. The van der Waals surface area contributed by atoms with Crippen molar-refractivity contribution in [1.82, 2.24) is 0 Å². The van der Waals surface area contributed by atoms with Crippen molar-refractivity contribution in [3.05, 3.63) is 29.1 Å². The number of aryl methyl sites for hydroxylation is 1. The smallest absolute Gasteiger partial charge is 0.224 e. The number of rotatable bonds is 2. The third-order valence-corrected chi connectivity index (χ3v) is 4.28. The Balaban J connectivity index is 1.92. The summed E-state index contributed by atoms with van der Waals surface area (Å²) in [5, 5.41) is 2.69. The van der Waals surface area contributed by atoms with Crippen LogP contribution in [0.2, 0.25) is 0 Å². The van der Waals surface area contributed by atoms with E-state index in [1.54, 1.807) is 6.07 Å². The fourth-order valence-corrected chi connectivity index (χ4v) is 3.03. The molecular weight excluding hydrogens is 259 g/mol. The number of benzene rings is 1. The Morgan fingerprint density at radius 3 is 2.95 bits per heavy atom. The summed E-state index contributed by atoms with van der Waals surface area (Å²) in [6, 6.07) is 2.69. The molecule has 0 saturated carbocycles. The van der Waals surface area contributed by atoms with Gasteiger partial charge in [-0.1, -0.05) is 6.92 Å². The number of fused-ring (bicyclic) bond motifs is 1. The van der Waals surface area contributed by atoms with E-state index in [4.69, 9.17) is 10.5 Å². The number of nitrogens with one attached hydrogen (secondary N) is 1. The van der Waals surface area contributed by atoms with E-state index in [0.29, 0.717) is 36.6 Å². The Bertz CT molecular complexity index is 547. The molecule has 2 aliphatic rings. The molecule has 3 N–H and O–H groups in total. The zero-order valence-electron chi connectivity index (χ0n) is 11.5. The first-order valence-corrected chi connectivity index (χ1v) is 7.05. The van der Waals surface area contributed by atoms with Crippen LogP contribution >= 0.6 is 0 Å². The second kappa shape index (κ2) is 5.14. The maximum Gasteiger partial charge on any atom is 0.224 e. The minimum Gasteiger partial charge on any atom is -0.376 e. The molecule has 3 unspecified atom stereocenters. The van der Waals surface area contributed by atoms with E-state index in [2.05, 4.69) is 12.2 Å². The van der Waals surface area contributed by atoms with Crippen LogP contribution in [0.25, 0.3) is 0 Å². The fraction of sp³-hybridized carbons (Fsp3) is 0.533. The normalized spacial score (nSPS) is 27.1. The number of carbonyl (C=O) groups is 1. The molecule has 3 atom stereocenters. The highest BCUT2D eigenvalue weighted by Gasteiger charge is 2.33. The molecule has 2 aliphatic heterocycles. The number of hydrogen-bond donors (Lipinski definition) is 2. The molecule has 1 aromatic rings. The van der Waals surface area contributed by atoms with Crippen LogP contribution in [-0.4, -0.2) is 18.6 Å². The summed E-state index contributed by atoms with van der Waals surface area (Å²) in [4.78, 5) is 11.3. The van der Waals surface area contributed by atoms with Gasteiger partial charge in [0, 0.05) is 24.3 Å². The van der Waals surface area contributed by atoms with E-state index in [9.17, 15) is 9.18 Å². The molecule has 4 nitrogen and oxygen atoms in total. The first-order valence-electron chi connectivity index (χ1n) is 7.05. The van der Waals surface area contributed by atoms with Gasteiger partial charge in [-0.3, -0.25) is 4.79 Å². The summed E-state index contributed by atoms with van der Waals surface area (Å²) in [6.45, 7) is 2.76. The van der Waals surface area contributed by atoms with Gasteiger partial charge in [-0.2, -0.15) is 0 Å². The van der Waals surface area contributed by atoms with Crippen LogP contribution in [0.1, 0.15) is 36.9 Å². The number of nitrogens with two attached hydrogens (primary N) is 1. The number of anilines is 1. The molecule has 2 heterocycles. The summed E-state index contributed by atoms with van der Waals surface area (Å²) in [6.07, 6.45) is 1.88. The van der Waals surface area contributed by atoms with Gasteiger partial charge in [-0.15, -0.1) is 0 Å². The van der Waals surface area contributed by atoms with Crippen molar-refractivity contribution >= 4 is 11.6 Å². The van der Waals surface area contributed by atoms with Crippen molar-refractivity contribution < 1.29 is 13.9 Å². The molecule has 3 rings (SSSR count). The van der Waals surface area contributed by atoms with Crippen LogP contribution in [0.3, 0.4) is 0 Å². The van der Waals surface area contributed by atoms with Gasteiger partial charge in [0.05, 0.1) is 12.1 Å². The van der Waals surface area contributed by atoms with Crippen LogP contribution in [0, 0.1) is 11.7 Å². The van der Waals surface area contributed by atoms with E-state index in [1.807, 2.05) is 0 Å². The van der Waals surface area contributed by atoms with Crippen LogP contribution in [0.5, 0.6) is 0 Å². The molecule has 108 valence electrons. The number of amides is 1. The predicted molar refractivity (Wildman–Crippen MR) is 73.8 cm³/mol. The Hall–Kier alpha value is -1.46. The first-order chi connectivity index (χ1) is 9.56. The van der Waals surface area contributed by atoms with E-state index in [1.165, 1.54) is 6.07 Å².